The Balaban J connectivity index is 0.00000264. The summed E-state index contributed by atoms with van der Waals surface area (Å²) < 4.78 is 5.34. The quantitative estimate of drug-likeness (QED) is 0.672. The predicted molar refractivity (Wildman–Crippen MR) is 92.2 cm³/mol. The van der Waals surface area contributed by atoms with Crippen LogP contribution in [0.2, 0.25) is 5.02 Å². The van der Waals surface area contributed by atoms with E-state index in [1.165, 1.54) is 0 Å². The summed E-state index contributed by atoms with van der Waals surface area (Å²) in [5.74, 6) is -0.225. The lowest BCUT2D eigenvalue weighted by molar-refractivity contribution is -0.134. The van der Waals surface area contributed by atoms with Crippen LogP contribution in [0.1, 0.15) is 12.8 Å². The lowest BCUT2D eigenvalue weighted by Gasteiger charge is -2.22. The average Bonchev–Trinajstić information content (AvgIpc) is 2.54. The van der Waals surface area contributed by atoms with Gasteiger partial charge in [-0.2, -0.15) is 0 Å². The first-order valence-electron chi connectivity index (χ1n) is 7.30. The normalized spacial score (nSPS) is 17.0. The number of carbonyl (C=O) groups excluding carboxylic acids is 2. The molecule has 1 aliphatic rings. The highest BCUT2D eigenvalue weighted by atomic mass is 35.5. The second-order valence-corrected chi connectivity index (χ2v) is 5.45. The molecule has 1 aliphatic heterocycles. The van der Waals surface area contributed by atoms with Crippen LogP contribution in [0.15, 0.2) is 24.3 Å². The van der Waals surface area contributed by atoms with E-state index in [0.717, 1.165) is 6.54 Å². The molecule has 0 aromatic heterocycles. The van der Waals surface area contributed by atoms with E-state index in [1.54, 1.807) is 24.3 Å². The molecule has 0 bridgehead atoms. The summed E-state index contributed by atoms with van der Waals surface area (Å²) in [7, 11) is 0. The number of amides is 2. The van der Waals surface area contributed by atoms with E-state index in [4.69, 9.17) is 16.3 Å². The summed E-state index contributed by atoms with van der Waals surface area (Å²) in [5, 5.41) is 9.27. The lowest BCUT2D eigenvalue weighted by atomic mass is 10.2. The number of rotatable bonds is 6. The van der Waals surface area contributed by atoms with E-state index in [2.05, 4.69) is 16.0 Å². The number of benzene rings is 1. The van der Waals surface area contributed by atoms with Gasteiger partial charge in [0.1, 0.15) is 6.10 Å². The summed E-state index contributed by atoms with van der Waals surface area (Å²) >= 11 is 5.78. The molecule has 0 spiro atoms. The van der Waals surface area contributed by atoms with Crippen molar-refractivity contribution in [3.63, 3.8) is 0 Å². The summed E-state index contributed by atoms with van der Waals surface area (Å²) in [6, 6.07) is 6.93. The molecule has 1 aromatic rings. The van der Waals surface area contributed by atoms with Crippen LogP contribution in [0.4, 0.5) is 5.69 Å². The largest absolute Gasteiger partial charge is 0.366 e. The Labute approximate surface area is 146 Å². The van der Waals surface area contributed by atoms with Crippen molar-refractivity contribution in [1.82, 2.24) is 10.6 Å². The molecular weight excluding hydrogens is 341 g/mol. The second kappa shape index (κ2) is 10.4. The molecule has 1 atom stereocenters. The first-order valence-corrected chi connectivity index (χ1v) is 7.68. The van der Waals surface area contributed by atoms with E-state index < -0.39 is 6.10 Å². The van der Waals surface area contributed by atoms with Crippen LogP contribution in [0.25, 0.3) is 0 Å². The minimum atomic E-state index is -0.434. The van der Waals surface area contributed by atoms with Crippen molar-refractivity contribution in [3.8, 4) is 0 Å². The van der Waals surface area contributed by atoms with Gasteiger partial charge >= 0.3 is 0 Å². The third-order valence-electron chi connectivity index (χ3n) is 3.23. The molecule has 0 aliphatic carbocycles. The molecule has 1 saturated heterocycles. The number of halogens is 2. The van der Waals surface area contributed by atoms with Gasteiger partial charge in [-0.25, -0.2) is 0 Å². The fourth-order valence-corrected chi connectivity index (χ4v) is 2.19. The maximum Gasteiger partial charge on any atom is 0.250 e. The fraction of sp³-hybridized carbons (Fsp3) is 0.467. The molecule has 0 radical (unpaired) electrons. The Morgan fingerprint density at radius 1 is 1.30 bits per heavy atom. The van der Waals surface area contributed by atoms with Crippen LogP contribution in [-0.4, -0.2) is 44.2 Å². The van der Waals surface area contributed by atoms with Crippen molar-refractivity contribution < 1.29 is 14.3 Å². The van der Waals surface area contributed by atoms with Gasteiger partial charge in [-0.3, -0.25) is 9.59 Å². The lowest BCUT2D eigenvalue weighted by Crippen LogP contribution is -2.48. The highest BCUT2D eigenvalue weighted by molar-refractivity contribution is 6.30. The van der Waals surface area contributed by atoms with Crippen molar-refractivity contribution in [2.45, 2.75) is 18.9 Å². The molecule has 1 aromatic carbocycles. The van der Waals surface area contributed by atoms with Gasteiger partial charge < -0.3 is 20.7 Å². The number of ether oxygens (including phenoxy) is 1. The molecule has 0 saturated carbocycles. The van der Waals surface area contributed by atoms with Gasteiger partial charge in [0, 0.05) is 36.8 Å². The second-order valence-electron chi connectivity index (χ2n) is 5.01. The molecule has 3 N–H and O–H groups in total. The molecule has 1 fully saturated rings. The average molecular weight is 362 g/mol. The van der Waals surface area contributed by atoms with Crippen molar-refractivity contribution >= 4 is 41.5 Å². The predicted octanol–water partition coefficient (Wildman–Crippen LogP) is 1.59. The molecule has 128 valence electrons. The van der Waals surface area contributed by atoms with Gasteiger partial charge in [0.2, 0.25) is 11.8 Å². The maximum absolute atomic E-state index is 11.8. The maximum atomic E-state index is 11.8. The first-order chi connectivity index (χ1) is 10.6. The highest BCUT2D eigenvalue weighted by Gasteiger charge is 2.20. The van der Waals surface area contributed by atoms with Crippen molar-refractivity contribution in [2.75, 3.05) is 31.6 Å². The third-order valence-corrected chi connectivity index (χ3v) is 3.48. The van der Waals surface area contributed by atoms with E-state index in [1.807, 2.05) is 0 Å². The zero-order chi connectivity index (χ0) is 15.8. The van der Waals surface area contributed by atoms with E-state index in [9.17, 15) is 9.59 Å². The van der Waals surface area contributed by atoms with Gasteiger partial charge in [0.05, 0.1) is 6.61 Å². The Morgan fingerprint density at radius 3 is 2.70 bits per heavy atom. The Bertz CT molecular complexity index is 505. The molecule has 1 unspecified atom stereocenters. The molecule has 2 rings (SSSR count). The Morgan fingerprint density at radius 2 is 2.04 bits per heavy atom. The summed E-state index contributed by atoms with van der Waals surface area (Å²) in [6.45, 7) is 2.30. The smallest absolute Gasteiger partial charge is 0.250 e. The van der Waals surface area contributed by atoms with Gasteiger partial charge in [0.25, 0.3) is 0 Å². The van der Waals surface area contributed by atoms with Crippen LogP contribution >= 0.6 is 24.0 Å². The number of carbonyl (C=O) groups is 2. The molecule has 6 nitrogen and oxygen atoms in total. The Kier molecular flexibility index (Phi) is 8.94. The Hall–Kier alpha value is -1.34. The zero-order valence-corrected chi connectivity index (χ0v) is 14.2. The van der Waals surface area contributed by atoms with Crippen LogP contribution in [0.5, 0.6) is 0 Å². The van der Waals surface area contributed by atoms with Gasteiger partial charge in [0.15, 0.2) is 0 Å². The summed E-state index contributed by atoms with van der Waals surface area (Å²) in [6.07, 6.45) is 0.481. The highest BCUT2D eigenvalue weighted by Crippen LogP contribution is 2.13. The zero-order valence-electron chi connectivity index (χ0n) is 12.6. The van der Waals surface area contributed by atoms with E-state index in [0.29, 0.717) is 43.2 Å². The monoisotopic (exact) mass is 361 g/mol. The number of hydrogen-bond acceptors (Lipinski definition) is 4. The third kappa shape index (κ3) is 7.18. The van der Waals surface area contributed by atoms with Crippen LogP contribution in [-0.2, 0) is 14.3 Å². The summed E-state index contributed by atoms with van der Waals surface area (Å²) in [4.78, 5) is 23.5. The minimum absolute atomic E-state index is 0. The molecule has 1 heterocycles. The molecule has 8 heteroatoms. The topological polar surface area (TPSA) is 79.5 Å². The first kappa shape index (κ1) is 19.7. The van der Waals surface area contributed by atoms with Gasteiger partial charge in [-0.05, 0) is 30.7 Å². The molecule has 23 heavy (non-hydrogen) atoms. The SMILES string of the molecule is Cl.O=C(CCCNC(=O)C1CNCCO1)Nc1ccc(Cl)cc1. The van der Waals surface area contributed by atoms with E-state index >= 15 is 0 Å². The van der Waals surface area contributed by atoms with Gasteiger partial charge in [-0.15, -0.1) is 12.4 Å². The van der Waals surface area contributed by atoms with Crippen molar-refractivity contribution in [3.05, 3.63) is 29.3 Å². The number of anilines is 1. The van der Waals surface area contributed by atoms with Crippen LogP contribution in [0, 0.1) is 0 Å². The van der Waals surface area contributed by atoms with Gasteiger partial charge in [-0.1, -0.05) is 11.6 Å². The fourth-order valence-electron chi connectivity index (χ4n) is 2.06. The van der Waals surface area contributed by atoms with Crippen molar-refractivity contribution in [1.29, 1.82) is 0 Å². The molecular formula is C15H21Cl2N3O3. The van der Waals surface area contributed by atoms with E-state index in [-0.39, 0.29) is 24.2 Å². The summed E-state index contributed by atoms with van der Waals surface area (Å²) in [5.41, 5.74) is 0.708. The number of morpholine rings is 1. The number of hydrogen-bond donors (Lipinski definition) is 3. The molecule has 2 amide bonds. The number of nitrogens with one attached hydrogen (secondary N) is 3. The van der Waals surface area contributed by atoms with Crippen LogP contribution in [0.3, 0.4) is 0 Å². The standard InChI is InChI=1S/C15H20ClN3O3.ClH/c16-11-3-5-12(6-4-11)19-14(20)2-1-7-18-15(21)13-10-17-8-9-22-13;/h3-6,13,17H,1-2,7-10H2,(H,18,21)(H,19,20);1H. The van der Waals surface area contributed by atoms with Crippen LogP contribution < -0.4 is 16.0 Å². The van der Waals surface area contributed by atoms with Crippen molar-refractivity contribution in [2.24, 2.45) is 0 Å². The minimum Gasteiger partial charge on any atom is -0.366 e.